The molecule has 0 unspecified atom stereocenters. The number of sulfone groups is 1. The van der Waals surface area contributed by atoms with Crippen molar-refractivity contribution in [3.8, 4) is 11.5 Å². The van der Waals surface area contributed by atoms with Gasteiger partial charge in [-0.05, 0) is 53.4 Å². The summed E-state index contributed by atoms with van der Waals surface area (Å²) in [5, 5.41) is 13.5. The Morgan fingerprint density at radius 2 is 1.82 bits per heavy atom. The third-order valence-electron chi connectivity index (χ3n) is 5.21. The zero-order valence-corrected chi connectivity index (χ0v) is 20.4. The number of methoxy groups -OCH3 is 2. The summed E-state index contributed by atoms with van der Waals surface area (Å²) in [6.07, 6.45) is 0. The number of thiophene rings is 1. The van der Waals surface area contributed by atoms with E-state index in [1.807, 2.05) is 29.6 Å². The monoisotopic (exact) mass is 515 g/mol. The van der Waals surface area contributed by atoms with Gasteiger partial charge in [0.25, 0.3) is 0 Å². The highest BCUT2D eigenvalue weighted by Gasteiger charge is 2.27. The van der Waals surface area contributed by atoms with E-state index in [-0.39, 0.29) is 15.6 Å². The van der Waals surface area contributed by atoms with Gasteiger partial charge in [-0.15, -0.1) is 16.4 Å². The summed E-state index contributed by atoms with van der Waals surface area (Å²) in [7, 11) is -0.802. The molecule has 0 aliphatic rings. The van der Waals surface area contributed by atoms with Crippen molar-refractivity contribution < 1.29 is 17.9 Å². The lowest BCUT2D eigenvalue weighted by molar-refractivity contribution is 0.354. The minimum absolute atomic E-state index is 0.0614. The van der Waals surface area contributed by atoms with Crippen LogP contribution in [0.4, 0.5) is 5.82 Å². The molecule has 5 rings (SSSR count). The van der Waals surface area contributed by atoms with E-state index in [1.54, 1.807) is 14.2 Å². The van der Waals surface area contributed by atoms with Gasteiger partial charge in [0.2, 0.25) is 14.9 Å². The van der Waals surface area contributed by atoms with Crippen LogP contribution in [0.5, 0.6) is 11.5 Å². The normalized spacial score (nSPS) is 11.7. The third kappa shape index (κ3) is 3.81. The zero-order valence-electron chi connectivity index (χ0n) is 18.0. The molecule has 0 spiro atoms. The van der Waals surface area contributed by atoms with E-state index in [0.29, 0.717) is 34.4 Å². The van der Waals surface area contributed by atoms with Crippen molar-refractivity contribution in [1.29, 1.82) is 0 Å². The maximum absolute atomic E-state index is 13.3. The summed E-state index contributed by atoms with van der Waals surface area (Å²) in [5.41, 5.74) is 1.77. The standard InChI is InChI=1S/C22H18ClN5O4S2/c1-31-17-8-3-13(11-18(17)32-2)12-24-20-19-16(9-10-33-19)28-21(25-20)22(26-27-28)34(29,30)15-6-4-14(23)5-7-15/h3-11H,12H2,1-2H3,(H,24,25). The van der Waals surface area contributed by atoms with Crippen molar-refractivity contribution in [2.24, 2.45) is 0 Å². The number of ether oxygens (including phenoxy) is 2. The van der Waals surface area contributed by atoms with Crippen molar-refractivity contribution >= 4 is 54.5 Å². The molecule has 2 aromatic carbocycles. The predicted molar refractivity (Wildman–Crippen MR) is 130 cm³/mol. The number of anilines is 1. The van der Waals surface area contributed by atoms with Gasteiger partial charge in [0.05, 0.1) is 29.3 Å². The number of hydrogen-bond acceptors (Lipinski definition) is 9. The molecule has 9 nitrogen and oxygen atoms in total. The van der Waals surface area contributed by atoms with Gasteiger partial charge in [-0.25, -0.2) is 13.4 Å². The number of nitrogens with one attached hydrogen (secondary N) is 1. The maximum atomic E-state index is 13.3. The van der Waals surface area contributed by atoms with Crippen molar-refractivity contribution in [2.45, 2.75) is 16.5 Å². The lowest BCUT2D eigenvalue weighted by atomic mass is 10.2. The molecule has 34 heavy (non-hydrogen) atoms. The van der Waals surface area contributed by atoms with E-state index < -0.39 is 9.84 Å². The van der Waals surface area contributed by atoms with Gasteiger partial charge in [-0.2, -0.15) is 4.52 Å². The molecule has 0 aliphatic heterocycles. The predicted octanol–water partition coefficient (Wildman–Crippen LogP) is 4.45. The van der Waals surface area contributed by atoms with Gasteiger partial charge in [0.1, 0.15) is 5.82 Å². The molecular weight excluding hydrogens is 498 g/mol. The Balaban J connectivity index is 1.56. The van der Waals surface area contributed by atoms with Gasteiger partial charge < -0.3 is 14.8 Å². The highest BCUT2D eigenvalue weighted by molar-refractivity contribution is 7.91. The molecule has 0 saturated carbocycles. The average molecular weight is 516 g/mol. The van der Waals surface area contributed by atoms with Crippen molar-refractivity contribution in [3.63, 3.8) is 0 Å². The van der Waals surface area contributed by atoms with E-state index in [0.717, 1.165) is 10.3 Å². The molecule has 3 aromatic heterocycles. The van der Waals surface area contributed by atoms with E-state index in [2.05, 4.69) is 20.6 Å². The number of rotatable bonds is 7. The first-order valence-electron chi connectivity index (χ1n) is 10.0. The fourth-order valence-electron chi connectivity index (χ4n) is 3.52. The second-order valence-corrected chi connectivity index (χ2v) is 10.4. The molecule has 12 heteroatoms. The van der Waals surface area contributed by atoms with Crippen LogP contribution in [-0.4, -0.2) is 42.4 Å². The summed E-state index contributed by atoms with van der Waals surface area (Å²) in [6.45, 7) is 0.428. The molecule has 0 radical (unpaired) electrons. The van der Waals surface area contributed by atoms with Gasteiger partial charge in [-0.1, -0.05) is 22.9 Å². The topological polar surface area (TPSA) is 108 Å². The first-order valence-corrected chi connectivity index (χ1v) is 12.7. The molecule has 5 aromatic rings. The minimum Gasteiger partial charge on any atom is -0.493 e. The second-order valence-electron chi connectivity index (χ2n) is 7.23. The van der Waals surface area contributed by atoms with Crippen molar-refractivity contribution in [2.75, 3.05) is 19.5 Å². The Kier molecular flexibility index (Phi) is 5.76. The van der Waals surface area contributed by atoms with Crippen LogP contribution in [0.2, 0.25) is 5.02 Å². The SMILES string of the molecule is COc1ccc(CNc2nc3c(S(=O)(=O)c4ccc(Cl)cc4)nnn3c3ccsc23)cc1OC. The highest BCUT2D eigenvalue weighted by atomic mass is 35.5. The number of benzene rings is 2. The molecular formula is C22H18ClN5O4S2. The minimum atomic E-state index is -3.96. The first-order chi connectivity index (χ1) is 16.4. The summed E-state index contributed by atoms with van der Waals surface area (Å²) < 4.78 is 39.5. The number of hydrogen-bond donors (Lipinski definition) is 1. The fourth-order valence-corrected chi connectivity index (χ4v) is 5.72. The quantitative estimate of drug-likeness (QED) is 0.338. The molecule has 0 fully saturated rings. The number of nitrogens with zero attached hydrogens (tertiary/aromatic N) is 4. The van der Waals surface area contributed by atoms with Gasteiger partial charge in [-0.3, -0.25) is 0 Å². The van der Waals surface area contributed by atoms with E-state index in [1.165, 1.54) is 40.1 Å². The molecule has 0 bridgehead atoms. The molecule has 0 saturated heterocycles. The van der Waals surface area contributed by atoms with E-state index >= 15 is 0 Å². The smallest absolute Gasteiger partial charge is 0.229 e. The van der Waals surface area contributed by atoms with Crippen molar-refractivity contribution in [3.05, 3.63) is 64.5 Å². The van der Waals surface area contributed by atoms with Crippen LogP contribution in [0.15, 0.2) is 63.8 Å². The second kappa shape index (κ2) is 8.75. The van der Waals surface area contributed by atoms with E-state index in [4.69, 9.17) is 21.1 Å². The Morgan fingerprint density at radius 3 is 2.56 bits per heavy atom. The number of aromatic nitrogens is 4. The van der Waals surface area contributed by atoms with Crippen LogP contribution in [-0.2, 0) is 16.4 Å². The largest absolute Gasteiger partial charge is 0.493 e. The van der Waals surface area contributed by atoms with Crippen LogP contribution >= 0.6 is 22.9 Å². The zero-order chi connectivity index (χ0) is 23.9. The van der Waals surface area contributed by atoms with E-state index in [9.17, 15) is 8.42 Å². The van der Waals surface area contributed by atoms with Gasteiger partial charge in [0.15, 0.2) is 17.1 Å². The van der Waals surface area contributed by atoms with Crippen LogP contribution in [0.3, 0.4) is 0 Å². The molecule has 0 aliphatic carbocycles. The van der Waals surface area contributed by atoms with Crippen LogP contribution in [0, 0.1) is 0 Å². The number of halogens is 1. The Hall–Kier alpha value is -3.41. The third-order valence-corrected chi connectivity index (χ3v) is 8.04. The Morgan fingerprint density at radius 1 is 1.06 bits per heavy atom. The number of fused-ring (bicyclic) bond motifs is 3. The summed E-state index contributed by atoms with van der Waals surface area (Å²) >= 11 is 7.39. The highest BCUT2D eigenvalue weighted by Crippen LogP contribution is 2.32. The molecule has 0 amide bonds. The van der Waals surface area contributed by atoms with Crippen LogP contribution in [0.25, 0.3) is 15.9 Å². The maximum Gasteiger partial charge on any atom is 0.229 e. The van der Waals surface area contributed by atoms with Crippen LogP contribution < -0.4 is 14.8 Å². The Bertz CT molecular complexity index is 1610. The fraction of sp³-hybridized carbons (Fsp3) is 0.136. The Labute approximate surface area is 203 Å². The molecule has 174 valence electrons. The molecule has 1 N–H and O–H groups in total. The lowest BCUT2D eigenvalue weighted by Crippen LogP contribution is -2.07. The van der Waals surface area contributed by atoms with Crippen LogP contribution in [0.1, 0.15) is 5.56 Å². The molecule has 3 heterocycles. The average Bonchev–Trinajstić information content (AvgIpc) is 3.50. The molecule has 0 atom stereocenters. The van der Waals surface area contributed by atoms with Crippen molar-refractivity contribution in [1.82, 2.24) is 19.8 Å². The summed E-state index contributed by atoms with van der Waals surface area (Å²) in [6, 6.07) is 13.3. The van der Waals surface area contributed by atoms with Gasteiger partial charge >= 0.3 is 0 Å². The summed E-state index contributed by atoms with van der Waals surface area (Å²) in [4.78, 5) is 4.67. The lowest BCUT2D eigenvalue weighted by Gasteiger charge is -2.11. The van der Waals surface area contributed by atoms with Gasteiger partial charge in [0, 0.05) is 11.6 Å². The first kappa shape index (κ1) is 22.4. The summed E-state index contributed by atoms with van der Waals surface area (Å²) in [5.74, 6) is 1.78.